The Hall–Kier alpha value is -2.99. The predicted octanol–water partition coefficient (Wildman–Crippen LogP) is 1.21. The van der Waals surface area contributed by atoms with Crippen LogP contribution in [0.4, 0.5) is 5.82 Å². The van der Waals surface area contributed by atoms with Gasteiger partial charge in [-0.25, -0.2) is 28.4 Å². The van der Waals surface area contributed by atoms with E-state index in [4.69, 9.17) is 7.85 Å². The number of sulfonamides is 1. The van der Waals surface area contributed by atoms with Crippen molar-refractivity contribution in [1.82, 2.24) is 29.7 Å². The van der Waals surface area contributed by atoms with Crippen LogP contribution in [0.15, 0.2) is 57.9 Å². The quantitative estimate of drug-likeness (QED) is 0.376. The summed E-state index contributed by atoms with van der Waals surface area (Å²) in [6, 6.07) is 9.43. The van der Waals surface area contributed by atoms with Crippen LogP contribution in [-0.2, 0) is 17.1 Å². The van der Waals surface area contributed by atoms with Crippen molar-refractivity contribution in [3.05, 3.63) is 48.4 Å². The lowest BCUT2D eigenvalue weighted by Gasteiger charge is -2.11. The minimum absolute atomic E-state index is 0.0618. The molecule has 0 saturated carbocycles. The number of pyridine rings is 1. The average Bonchev–Trinajstić information content (AvgIpc) is 3.07. The highest BCUT2D eigenvalue weighted by molar-refractivity contribution is 7.99. The lowest BCUT2D eigenvalue weighted by Crippen LogP contribution is -2.16. The fourth-order valence-corrected chi connectivity index (χ4v) is 4.21. The fourth-order valence-electron chi connectivity index (χ4n) is 2.49. The van der Waals surface area contributed by atoms with Crippen molar-refractivity contribution in [3.8, 4) is 0 Å². The molecule has 0 saturated heterocycles. The van der Waals surface area contributed by atoms with Gasteiger partial charge < -0.3 is 0 Å². The molecule has 2 radical (unpaired) electrons. The molecule has 9 nitrogen and oxygen atoms in total. The third-order valence-corrected chi connectivity index (χ3v) is 5.93. The molecular weight excluding hydrogens is 409 g/mol. The van der Waals surface area contributed by atoms with Crippen LogP contribution in [0.3, 0.4) is 0 Å². The summed E-state index contributed by atoms with van der Waals surface area (Å²) in [5.74, 6) is 0.0777. The van der Waals surface area contributed by atoms with Crippen molar-refractivity contribution in [2.24, 2.45) is 7.05 Å². The van der Waals surface area contributed by atoms with Gasteiger partial charge in [-0.15, -0.1) is 5.10 Å². The lowest BCUT2D eigenvalue weighted by atomic mass is 9.97. The zero-order valence-electron chi connectivity index (χ0n) is 15.4. The third kappa shape index (κ3) is 4.22. The van der Waals surface area contributed by atoms with E-state index >= 15 is 0 Å². The molecule has 0 atom stereocenters. The number of rotatable bonds is 5. The molecule has 12 heteroatoms. The first kappa shape index (κ1) is 19.3. The summed E-state index contributed by atoms with van der Waals surface area (Å²) in [6.07, 6.45) is 1.55. The van der Waals surface area contributed by atoms with Crippen LogP contribution >= 0.6 is 11.8 Å². The van der Waals surface area contributed by atoms with Crippen molar-refractivity contribution < 1.29 is 8.42 Å². The first-order valence-electron chi connectivity index (χ1n) is 8.37. The van der Waals surface area contributed by atoms with Crippen LogP contribution in [-0.4, -0.2) is 46.0 Å². The Morgan fingerprint density at radius 2 is 1.79 bits per heavy atom. The summed E-state index contributed by atoms with van der Waals surface area (Å²) in [5, 5.41) is 4.92. The molecule has 3 aromatic heterocycles. The largest absolute Gasteiger partial charge is 0.263 e. The topological polar surface area (TPSA) is 116 Å². The number of nitrogens with zero attached hydrogens (tertiary/aromatic N) is 6. The van der Waals surface area contributed by atoms with Gasteiger partial charge in [0.25, 0.3) is 10.0 Å². The maximum atomic E-state index is 12.8. The summed E-state index contributed by atoms with van der Waals surface area (Å²) >= 11 is 1.12. The molecule has 0 aliphatic heterocycles. The maximum absolute atomic E-state index is 12.8. The number of fused-ring (bicyclic) bond motifs is 1. The molecule has 0 fully saturated rings. The van der Waals surface area contributed by atoms with Gasteiger partial charge in [-0.05, 0) is 43.0 Å². The van der Waals surface area contributed by atoms with Crippen LogP contribution in [0.5, 0.6) is 0 Å². The maximum Gasteiger partial charge on any atom is 0.263 e. The number of anilines is 1. The van der Waals surface area contributed by atoms with Crippen molar-refractivity contribution >= 4 is 51.9 Å². The predicted molar refractivity (Wildman–Crippen MR) is 110 cm³/mol. The van der Waals surface area contributed by atoms with E-state index in [9.17, 15) is 8.42 Å². The number of aromatic nitrogens is 6. The second-order valence-corrected chi connectivity index (χ2v) is 8.77. The highest BCUT2D eigenvalue weighted by atomic mass is 32.2. The molecule has 0 aliphatic rings. The summed E-state index contributed by atoms with van der Waals surface area (Å²) in [7, 11) is 3.49. The molecule has 0 spiro atoms. The zero-order valence-corrected chi connectivity index (χ0v) is 17.1. The number of benzene rings is 1. The minimum Gasteiger partial charge on any atom is -0.261 e. The number of aryl methyl sites for hydroxylation is 2. The van der Waals surface area contributed by atoms with Gasteiger partial charge in [-0.3, -0.25) is 9.40 Å². The Balaban J connectivity index is 1.78. The second-order valence-electron chi connectivity index (χ2n) is 6.15. The Kier molecular flexibility index (Phi) is 4.97. The third-order valence-electron chi connectivity index (χ3n) is 3.84. The van der Waals surface area contributed by atoms with Gasteiger partial charge in [0.2, 0.25) is 5.16 Å². The minimum atomic E-state index is -3.90. The first-order valence-corrected chi connectivity index (χ1v) is 10.7. The standard InChI is InChI=1S/C17H14BN7O2S2/c1-10-3-8-13-14(20-10)15(22-17(21-13)28-16-19-9-25(2)23-16)24-29(26,27)12-6-4-11(18)5-7-12/h3-9H,1-2H3,(H,21,22,24). The summed E-state index contributed by atoms with van der Waals surface area (Å²) in [5.41, 5.74) is 2.03. The molecule has 4 aromatic rings. The van der Waals surface area contributed by atoms with E-state index in [-0.39, 0.29) is 10.7 Å². The second kappa shape index (κ2) is 7.45. The highest BCUT2D eigenvalue weighted by Crippen LogP contribution is 2.27. The molecule has 144 valence electrons. The molecule has 4 rings (SSSR count). The van der Waals surface area contributed by atoms with Gasteiger partial charge >= 0.3 is 0 Å². The monoisotopic (exact) mass is 423 g/mol. The van der Waals surface area contributed by atoms with Crippen molar-refractivity contribution in [3.63, 3.8) is 0 Å². The summed E-state index contributed by atoms with van der Waals surface area (Å²) in [6.45, 7) is 1.80. The van der Waals surface area contributed by atoms with Gasteiger partial charge in [0, 0.05) is 12.7 Å². The molecule has 0 bridgehead atoms. The van der Waals surface area contributed by atoms with E-state index in [0.717, 1.165) is 11.8 Å². The summed E-state index contributed by atoms with van der Waals surface area (Å²) in [4.78, 5) is 17.4. The number of hydrogen-bond acceptors (Lipinski definition) is 8. The van der Waals surface area contributed by atoms with Gasteiger partial charge in [0.05, 0.1) is 10.4 Å². The normalized spacial score (nSPS) is 11.7. The van der Waals surface area contributed by atoms with E-state index in [0.29, 0.717) is 32.5 Å². The lowest BCUT2D eigenvalue weighted by molar-refractivity contribution is 0.601. The van der Waals surface area contributed by atoms with Gasteiger partial charge in [-0.1, -0.05) is 17.6 Å². The van der Waals surface area contributed by atoms with Gasteiger partial charge in [0.1, 0.15) is 19.7 Å². The molecule has 1 aromatic carbocycles. The first-order chi connectivity index (χ1) is 13.8. The van der Waals surface area contributed by atoms with Crippen LogP contribution in [0.1, 0.15) is 5.69 Å². The molecule has 1 N–H and O–H groups in total. The SMILES string of the molecule is [B]c1ccc(S(=O)(=O)Nc2nc(Sc3ncn(C)n3)nc3ccc(C)nc23)cc1. The average molecular weight is 423 g/mol. The smallest absolute Gasteiger partial charge is 0.261 e. The van der Waals surface area contributed by atoms with Gasteiger partial charge in [-0.2, -0.15) is 0 Å². The Labute approximate surface area is 172 Å². The highest BCUT2D eigenvalue weighted by Gasteiger charge is 2.19. The Morgan fingerprint density at radius 3 is 2.48 bits per heavy atom. The van der Waals surface area contributed by atoms with Crippen LogP contribution in [0, 0.1) is 6.92 Å². The zero-order chi connectivity index (χ0) is 20.6. The van der Waals surface area contributed by atoms with E-state index in [2.05, 4.69) is 29.8 Å². The van der Waals surface area contributed by atoms with Crippen LogP contribution < -0.4 is 10.2 Å². The van der Waals surface area contributed by atoms with Crippen molar-refractivity contribution in [1.29, 1.82) is 0 Å². The number of nitrogens with one attached hydrogen (secondary N) is 1. The fraction of sp³-hybridized carbons (Fsp3) is 0.118. The van der Waals surface area contributed by atoms with Crippen LogP contribution in [0.25, 0.3) is 11.0 Å². The number of hydrogen-bond donors (Lipinski definition) is 1. The van der Waals surface area contributed by atoms with E-state index in [1.54, 1.807) is 37.1 Å². The molecule has 0 amide bonds. The van der Waals surface area contributed by atoms with E-state index in [1.165, 1.54) is 24.3 Å². The summed E-state index contributed by atoms with van der Waals surface area (Å²) < 4.78 is 29.7. The van der Waals surface area contributed by atoms with Crippen LogP contribution in [0.2, 0.25) is 0 Å². The van der Waals surface area contributed by atoms with Gasteiger partial charge in [0.15, 0.2) is 11.0 Å². The van der Waals surface area contributed by atoms with Crippen molar-refractivity contribution in [2.75, 3.05) is 4.72 Å². The molecule has 0 unspecified atom stereocenters. The van der Waals surface area contributed by atoms with E-state index < -0.39 is 10.0 Å². The Bertz CT molecular complexity index is 1310. The Morgan fingerprint density at radius 1 is 1.03 bits per heavy atom. The molecule has 3 heterocycles. The molecule has 29 heavy (non-hydrogen) atoms. The van der Waals surface area contributed by atoms with Crippen molar-refractivity contribution in [2.45, 2.75) is 22.1 Å². The van der Waals surface area contributed by atoms with E-state index in [1.807, 2.05) is 0 Å². The molecule has 0 aliphatic carbocycles. The molecular formula is C17H14BN7O2S2.